The minimum atomic E-state index is -0.220. The van der Waals surface area contributed by atoms with Crippen molar-refractivity contribution in [2.75, 3.05) is 11.9 Å². The monoisotopic (exact) mass is 340 g/mol. The third-order valence-electron chi connectivity index (χ3n) is 3.70. The van der Waals surface area contributed by atoms with Gasteiger partial charge in [-0.25, -0.2) is 4.98 Å². The maximum Gasteiger partial charge on any atom is 0.225 e. The average molecular weight is 340 g/mol. The van der Waals surface area contributed by atoms with Gasteiger partial charge in [-0.3, -0.25) is 9.59 Å². The van der Waals surface area contributed by atoms with Crippen LogP contribution in [0.5, 0.6) is 5.75 Å². The van der Waals surface area contributed by atoms with E-state index in [2.05, 4.69) is 17.2 Å². The van der Waals surface area contributed by atoms with Gasteiger partial charge in [0.25, 0.3) is 0 Å². The molecule has 0 saturated carbocycles. The summed E-state index contributed by atoms with van der Waals surface area (Å²) in [4.78, 5) is 28.0. The van der Waals surface area contributed by atoms with Gasteiger partial charge in [-0.2, -0.15) is 0 Å². The number of rotatable bonds is 10. The summed E-state index contributed by atoms with van der Waals surface area (Å²) in [6, 6.07) is 12.4. The van der Waals surface area contributed by atoms with Crippen LogP contribution in [0.4, 0.5) is 5.82 Å². The van der Waals surface area contributed by atoms with Crippen LogP contribution in [0.1, 0.15) is 49.4 Å². The number of benzene rings is 1. The number of ether oxygens (including phenoxy) is 1. The largest absolute Gasteiger partial charge is 0.494 e. The van der Waals surface area contributed by atoms with E-state index in [4.69, 9.17) is 4.74 Å². The smallest absolute Gasteiger partial charge is 0.225 e. The van der Waals surface area contributed by atoms with E-state index in [1.54, 1.807) is 48.7 Å². The highest BCUT2D eigenvalue weighted by Gasteiger charge is 2.10. The number of carbonyl (C=O) groups is 2. The molecule has 5 heteroatoms. The van der Waals surface area contributed by atoms with Crippen molar-refractivity contribution >= 4 is 17.5 Å². The summed E-state index contributed by atoms with van der Waals surface area (Å²) in [6.45, 7) is 2.84. The number of carbonyl (C=O) groups excluding carboxylic acids is 2. The predicted molar refractivity (Wildman–Crippen MR) is 97.9 cm³/mol. The first-order valence-corrected chi connectivity index (χ1v) is 8.66. The van der Waals surface area contributed by atoms with Crippen molar-refractivity contribution in [2.24, 2.45) is 0 Å². The molecule has 25 heavy (non-hydrogen) atoms. The molecule has 0 saturated heterocycles. The fourth-order valence-electron chi connectivity index (χ4n) is 2.29. The Morgan fingerprint density at radius 1 is 1.04 bits per heavy atom. The van der Waals surface area contributed by atoms with Gasteiger partial charge in [0, 0.05) is 24.6 Å². The highest BCUT2D eigenvalue weighted by atomic mass is 16.5. The second-order valence-electron chi connectivity index (χ2n) is 5.77. The number of hydrogen-bond acceptors (Lipinski definition) is 4. The molecule has 2 aromatic rings. The molecule has 0 atom stereocenters. The highest BCUT2D eigenvalue weighted by Crippen LogP contribution is 2.15. The number of nitrogens with zero attached hydrogens (tertiary/aromatic N) is 1. The summed E-state index contributed by atoms with van der Waals surface area (Å²) in [7, 11) is 0. The molecule has 2 rings (SSSR count). The Kier molecular flexibility index (Phi) is 7.63. The lowest BCUT2D eigenvalue weighted by Gasteiger charge is -2.07. The van der Waals surface area contributed by atoms with Crippen molar-refractivity contribution in [3.8, 4) is 5.75 Å². The van der Waals surface area contributed by atoms with Crippen molar-refractivity contribution in [1.82, 2.24) is 4.98 Å². The molecule has 5 nitrogen and oxygen atoms in total. The Labute approximate surface area is 148 Å². The van der Waals surface area contributed by atoms with E-state index >= 15 is 0 Å². The van der Waals surface area contributed by atoms with Crippen LogP contribution in [0.2, 0.25) is 0 Å². The Bertz CT molecular complexity index is 669. The molecule has 0 unspecified atom stereocenters. The fraction of sp³-hybridized carbons (Fsp3) is 0.350. The molecule has 0 bridgehead atoms. The van der Waals surface area contributed by atoms with Crippen LogP contribution in [0, 0.1) is 0 Å². The second kappa shape index (κ2) is 10.2. The third-order valence-corrected chi connectivity index (χ3v) is 3.70. The van der Waals surface area contributed by atoms with Crippen LogP contribution in [0.15, 0.2) is 48.7 Å². The molecule has 1 amide bonds. The summed E-state index contributed by atoms with van der Waals surface area (Å²) >= 11 is 0. The number of hydrogen-bond donors (Lipinski definition) is 1. The molecule has 0 aliphatic heterocycles. The zero-order valence-electron chi connectivity index (χ0n) is 14.5. The lowest BCUT2D eigenvalue weighted by molar-refractivity contribution is -0.116. The Balaban J connectivity index is 1.75. The molecule has 0 fully saturated rings. The molecule has 0 aliphatic carbocycles. The first-order chi connectivity index (χ1) is 12.2. The number of Topliss-reactive ketones (excluding diaryl/α,β-unsaturated/α-hetero) is 1. The van der Waals surface area contributed by atoms with E-state index in [0.29, 0.717) is 18.0 Å². The molecule has 132 valence electrons. The Hall–Kier alpha value is -2.69. The molecule has 1 N–H and O–H groups in total. The van der Waals surface area contributed by atoms with Crippen molar-refractivity contribution in [3.63, 3.8) is 0 Å². The summed E-state index contributed by atoms with van der Waals surface area (Å²) in [5, 5.41) is 2.67. The van der Waals surface area contributed by atoms with Crippen LogP contribution in [-0.4, -0.2) is 23.3 Å². The van der Waals surface area contributed by atoms with E-state index in [1.165, 1.54) is 0 Å². The van der Waals surface area contributed by atoms with Gasteiger partial charge in [0.15, 0.2) is 5.78 Å². The van der Waals surface area contributed by atoms with Crippen LogP contribution in [0.25, 0.3) is 0 Å². The molecule has 0 radical (unpaired) electrons. The van der Waals surface area contributed by atoms with E-state index in [-0.39, 0.29) is 24.5 Å². The molecule has 1 heterocycles. The molecular weight excluding hydrogens is 316 g/mol. The lowest BCUT2D eigenvalue weighted by Crippen LogP contribution is -2.14. The third kappa shape index (κ3) is 6.75. The maximum atomic E-state index is 12.2. The number of ketones is 1. The van der Waals surface area contributed by atoms with Crippen LogP contribution >= 0.6 is 0 Å². The van der Waals surface area contributed by atoms with Crippen LogP contribution < -0.4 is 10.1 Å². The minimum absolute atomic E-state index is 0.0614. The number of anilines is 1. The Morgan fingerprint density at radius 3 is 2.52 bits per heavy atom. The summed E-state index contributed by atoms with van der Waals surface area (Å²) in [6.07, 6.45) is 5.23. The first kappa shape index (κ1) is 18.6. The molecule has 0 aliphatic rings. The zero-order valence-corrected chi connectivity index (χ0v) is 14.5. The molecular formula is C20H24N2O3. The number of aromatic nitrogens is 1. The lowest BCUT2D eigenvalue weighted by atomic mass is 10.1. The summed E-state index contributed by atoms with van der Waals surface area (Å²) < 4.78 is 5.63. The van der Waals surface area contributed by atoms with Gasteiger partial charge < -0.3 is 10.1 Å². The van der Waals surface area contributed by atoms with Gasteiger partial charge >= 0.3 is 0 Å². The van der Waals surface area contributed by atoms with E-state index in [9.17, 15) is 9.59 Å². The zero-order chi connectivity index (χ0) is 17.9. The topological polar surface area (TPSA) is 68.3 Å². The number of unbranched alkanes of at least 4 members (excludes halogenated alkanes) is 2. The van der Waals surface area contributed by atoms with Crippen LogP contribution in [0.3, 0.4) is 0 Å². The number of pyridine rings is 1. The van der Waals surface area contributed by atoms with Crippen molar-refractivity contribution < 1.29 is 14.3 Å². The van der Waals surface area contributed by atoms with Crippen LogP contribution in [-0.2, 0) is 4.79 Å². The standard InChI is InChI=1S/C20H24N2O3/c1-2-3-6-15-25-17-10-8-16(9-11-17)18(23)12-13-20(24)22-19-7-4-5-14-21-19/h4-5,7-11,14H,2-3,6,12-13,15H2,1H3,(H,21,22,24). The number of amides is 1. The summed E-state index contributed by atoms with van der Waals surface area (Å²) in [5.41, 5.74) is 0.589. The maximum absolute atomic E-state index is 12.2. The van der Waals surface area contributed by atoms with E-state index in [1.807, 2.05) is 0 Å². The quantitative estimate of drug-likeness (QED) is 0.518. The van der Waals surface area contributed by atoms with Crippen molar-refractivity contribution in [1.29, 1.82) is 0 Å². The van der Waals surface area contributed by atoms with Crippen molar-refractivity contribution in [3.05, 3.63) is 54.2 Å². The normalized spacial score (nSPS) is 10.3. The first-order valence-electron chi connectivity index (χ1n) is 8.66. The SMILES string of the molecule is CCCCCOc1ccc(C(=O)CCC(=O)Nc2ccccn2)cc1. The van der Waals surface area contributed by atoms with Gasteiger partial charge in [-0.05, 0) is 42.8 Å². The predicted octanol–water partition coefficient (Wildman–Crippen LogP) is 4.25. The van der Waals surface area contributed by atoms with Gasteiger partial charge in [-0.15, -0.1) is 0 Å². The van der Waals surface area contributed by atoms with E-state index in [0.717, 1.165) is 25.0 Å². The fourth-order valence-corrected chi connectivity index (χ4v) is 2.29. The summed E-state index contributed by atoms with van der Waals surface area (Å²) in [5.74, 6) is 0.974. The molecule has 1 aromatic heterocycles. The Morgan fingerprint density at radius 2 is 1.84 bits per heavy atom. The van der Waals surface area contributed by atoms with Gasteiger partial charge in [0.1, 0.15) is 11.6 Å². The highest BCUT2D eigenvalue weighted by molar-refractivity contribution is 5.99. The number of nitrogens with one attached hydrogen (secondary N) is 1. The van der Waals surface area contributed by atoms with Crippen molar-refractivity contribution in [2.45, 2.75) is 39.0 Å². The molecule has 0 spiro atoms. The van der Waals surface area contributed by atoms with Gasteiger partial charge in [-0.1, -0.05) is 25.8 Å². The molecule has 1 aromatic carbocycles. The second-order valence-corrected chi connectivity index (χ2v) is 5.77. The van der Waals surface area contributed by atoms with Gasteiger partial charge in [0.2, 0.25) is 5.91 Å². The van der Waals surface area contributed by atoms with E-state index < -0.39 is 0 Å². The average Bonchev–Trinajstić information content (AvgIpc) is 2.64. The van der Waals surface area contributed by atoms with Gasteiger partial charge in [0.05, 0.1) is 6.61 Å². The minimum Gasteiger partial charge on any atom is -0.494 e.